The van der Waals surface area contributed by atoms with Gasteiger partial charge in [-0.3, -0.25) is 4.79 Å². The molecule has 0 unspecified atom stereocenters. The van der Waals surface area contributed by atoms with Crippen molar-refractivity contribution in [3.8, 4) is 11.5 Å². The lowest BCUT2D eigenvalue weighted by atomic mass is 10.2. The van der Waals surface area contributed by atoms with Crippen molar-refractivity contribution in [1.29, 1.82) is 0 Å². The number of carbonyl (C=O) groups is 2. The third kappa shape index (κ3) is 6.02. The van der Waals surface area contributed by atoms with Crippen molar-refractivity contribution in [3.05, 3.63) is 82.3 Å². The minimum atomic E-state index is -0.825. The fourth-order valence-corrected chi connectivity index (χ4v) is 2.85. The summed E-state index contributed by atoms with van der Waals surface area (Å²) in [5.74, 6) is -0.147. The molecular formula is C22H20ClN3O6. The highest BCUT2D eigenvalue weighted by Gasteiger charge is 2.15. The van der Waals surface area contributed by atoms with Gasteiger partial charge in [0.1, 0.15) is 23.9 Å². The molecule has 3 rings (SSSR count). The van der Waals surface area contributed by atoms with Gasteiger partial charge in [-0.25, -0.2) is 4.79 Å². The zero-order valence-electron chi connectivity index (χ0n) is 17.0. The van der Waals surface area contributed by atoms with E-state index in [9.17, 15) is 9.59 Å². The summed E-state index contributed by atoms with van der Waals surface area (Å²) in [6.07, 6.45) is 0. The number of benzene rings is 2. The van der Waals surface area contributed by atoms with Gasteiger partial charge < -0.3 is 30.2 Å². The molecule has 0 fully saturated rings. The maximum Gasteiger partial charge on any atom is 0.400 e. The Hall–Kier alpha value is -3.98. The molecule has 0 aliphatic rings. The summed E-state index contributed by atoms with van der Waals surface area (Å²) in [6, 6.07) is 14.8. The van der Waals surface area contributed by atoms with E-state index in [-0.39, 0.29) is 24.8 Å². The third-order valence-electron chi connectivity index (χ3n) is 4.14. The van der Waals surface area contributed by atoms with Crippen LogP contribution >= 0.6 is 11.6 Å². The van der Waals surface area contributed by atoms with E-state index < -0.39 is 11.9 Å². The Kier molecular flexibility index (Phi) is 7.35. The standard InChI is InChI=1S/C22H20ClN3O6/c1-13-3-2-4-17(23)20(13)30-11-16-9-10-18(31-16)22(28)32-26-21(25)14-5-7-15(8-6-14)29-12-19(24)27/h2-10H,11-12H2,1H3,(H2,24,27)(H2,25,26). The van der Waals surface area contributed by atoms with Gasteiger partial charge >= 0.3 is 5.97 Å². The largest absolute Gasteiger partial charge is 0.484 e. The molecule has 0 spiro atoms. The summed E-state index contributed by atoms with van der Waals surface area (Å²) in [7, 11) is 0. The topological polar surface area (TPSA) is 139 Å². The summed E-state index contributed by atoms with van der Waals surface area (Å²) in [4.78, 5) is 27.8. The quantitative estimate of drug-likeness (QED) is 0.217. The minimum absolute atomic E-state index is 0.0379. The van der Waals surface area contributed by atoms with Gasteiger partial charge in [-0.05, 0) is 55.0 Å². The molecule has 1 aromatic heterocycles. The lowest BCUT2D eigenvalue weighted by molar-refractivity contribution is -0.119. The number of para-hydroxylation sites is 1. The summed E-state index contributed by atoms with van der Waals surface area (Å²) in [5.41, 5.74) is 12.2. The van der Waals surface area contributed by atoms with Crippen LogP contribution in [0.2, 0.25) is 5.02 Å². The lowest BCUT2D eigenvalue weighted by Crippen LogP contribution is -2.20. The van der Waals surface area contributed by atoms with Gasteiger partial charge in [0.25, 0.3) is 5.91 Å². The zero-order chi connectivity index (χ0) is 23.1. The fourth-order valence-electron chi connectivity index (χ4n) is 2.57. The van der Waals surface area contributed by atoms with Crippen LogP contribution in [0.4, 0.5) is 0 Å². The molecular weight excluding hydrogens is 438 g/mol. The smallest absolute Gasteiger partial charge is 0.400 e. The lowest BCUT2D eigenvalue weighted by Gasteiger charge is -2.09. The predicted molar refractivity (Wildman–Crippen MR) is 117 cm³/mol. The van der Waals surface area contributed by atoms with Gasteiger partial charge in [-0.1, -0.05) is 28.9 Å². The number of nitrogens with zero attached hydrogens (tertiary/aromatic N) is 1. The SMILES string of the molecule is Cc1cccc(Cl)c1OCc1ccc(C(=O)O/N=C(\N)c2ccc(OCC(N)=O)cc2)o1. The van der Waals surface area contributed by atoms with Gasteiger partial charge in [0.05, 0.1) is 5.02 Å². The maximum absolute atomic E-state index is 12.2. The number of hydrogen-bond donors (Lipinski definition) is 2. The van der Waals surface area contributed by atoms with Crippen LogP contribution in [0.5, 0.6) is 11.5 Å². The molecule has 2 aromatic carbocycles. The molecule has 166 valence electrons. The van der Waals surface area contributed by atoms with Crippen molar-refractivity contribution in [2.45, 2.75) is 13.5 Å². The number of aryl methyl sites for hydroxylation is 1. The Morgan fingerprint density at radius 3 is 2.47 bits per heavy atom. The molecule has 4 N–H and O–H groups in total. The van der Waals surface area contributed by atoms with Crippen molar-refractivity contribution in [2.75, 3.05) is 6.61 Å². The van der Waals surface area contributed by atoms with Crippen LogP contribution in [0.3, 0.4) is 0 Å². The number of halogens is 1. The number of rotatable bonds is 9. The Balaban J connectivity index is 1.56. The zero-order valence-corrected chi connectivity index (χ0v) is 17.8. The van der Waals surface area contributed by atoms with E-state index in [0.717, 1.165) is 5.56 Å². The van der Waals surface area contributed by atoms with Gasteiger partial charge in [0, 0.05) is 5.56 Å². The molecule has 0 aliphatic carbocycles. The van der Waals surface area contributed by atoms with Crippen LogP contribution in [0, 0.1) is 6.92 Å². The molecule has 3 aromatic rings. The Labute approximate surface area is 188 Å². The number of carbonyl (C=O) groups excluding carboxylic acids is 2. The highest BCUT2D eigenvalue weighted by atomic mass is 35.5. The van der Waals surface area contributed by atoms with Crippen molar-refractivity contribution >= 4 is 29.3 Å². The highest BCUT2D eigenvalue weighted by Crippen LogP contribution is 2.28. The normalized spacial score (nSPS) is 11.1. The van der Waals surface area contributed by atoms with E-state index in [4.69, 9.17) is 41.8 Å². The van der Waals surface area contributed by atoms with E-state index in [1.54, 1.807) is 36.4 Å². The van der Waals surface area contributed by atoms with E-state index >= 15 is 0 Å². The van der Waals surface area contributed by atoms with Gasteiger partial charge in [0.15, 0.2) is 12.4 Å². The molecule has 32 heavy (non-hydrogen) atoms. The van der Waals surface area contributed by atoms with Crippen LogP contribution < -0.4 is 20.9 Å². The first-order valence-corrected chi connectivity index (χ1v) is 9.74. The van der Waals surface area contributed by atoms with Crippen molar-refractivity contribution in [1.82, 2.24) is 0 Å². The molecule has 0 atom stereocenters. The number of oxime groups is 1. The Morgan fingerprint density at radius 2 is 1.78 bits per heavy atom. The van der Waals surface area contributed by atoms with Crippen LogP contribution in [0.25, 0.3) is 0 Å². The molecule has 0 saturated heterocycles. The molecule has 0 saturated carbocycles. The van der Waals surface area contributed by atoms with Gasteiger partial charge in [-0.2, -0.15) is 0 Å². The number of amidine groups is 1. The number of amides is 1. The van der Waals surface area contributed by atoms with Gasteiger partial charge in [0.2, 0.25) is 5.76 Å². The fraction of sp³-hybridized carbons (Fsp3) is 0.136. The first kappa shape index (κ1) is 22.7. The molecule has 9 nitrogen and oxygen atoms in total. The minimum Gasteiger partial charge on any atom is -0.484 e. The summed E-state index contributed by atoms with van der Waals surface area (Å²) >= 11 is 6.13. The van der Waals surface area contributed by atoms with Crippen molar-refractivity contribution < 1.29 is 28.3 Å². The second-order valence-electron chi connectivity index (χ2n) is 6.58. The average Bonchev–Trinajstić information content (AvgIpc) is 3.25. The number of nitrogens with two attached hydrogens (primary N) is 2. The molecule has 0 aliphatic heterocycles. The van der Waals surface area contributed by atoms with Crippen LogP contribution in [0.1, 0.15) is 27.4 Å². The molecule has 1 heterocycles. The summed E-state index contributed by atoms with van der Waals surface area (Å²) in [6.45, 7) is 1.71. The average molecular weight is 458 g/mol. The monoisotopic (exact) mass is 457 g/mol. The van der Waals surface area contributed by atoms with Crippen LogP contribution in [0.15, 0.2) is 64.2 Å². The number of hydrogen-bond acceptors (Lipinski definition) is 7. The highest BCUT2D eigenvalue weighted by molar-refractivity contribution is 6.32. The van der Waals surface area contributed by atoms with Crippen LogP contribution in [-0.4, -0.2) is 24.3 Å². The van der Waals surface area contributed by atoms with E-state index in [1.165, 1.54) is 6.07 Å². The molecule has 10 heteroatoms. The second kappa shape index (κ2) is 10.4. The maximum atomic E-state index is 12.2. The van der Waals surface area contributed by atoms with Gasteiger partial charge in [-0.15, -0.1) is 0 Å². The van der Waals surface area contributed by atoms with Crippen LogP contribution in [-0.2, 0) is 16.2 Å². The number of furan rings is 1. The Bertz CT molecular complexity index is 1120. The Morgan fingerprint density at radius 1 is 1.03 bits per heavy atom. The first-order chi connectivity index (χ1) is 15.3. The third-order valence-corrected chi connectivity index (χ3v) is 4.44. The van der Waals surface area contributed by atoms with E-state index in [1.807, 2.05) is 19.1 Å². The number of ether oxygens (including phenoxy) is 2. The van der Waals surface area contributed by atoms with E-state index in [0.29, 0.717) is 27.8 Å². The van der Waals surface area contributed by atoms with E-state index in [2.05, 4.69) is 5.16 Å². The van der Waals surface area contributed by atoms with Crippen molar-refractivity contribution in [3.63, 3.8) is 0 Å². The molecule has 0 radical (unpaired) electrons. The molecule has 1 amide bonds. The van der Waals surface area contributed by atoms with Crippen molar-refractivity contribution in [2.24, 2.45) is 16.6 Å². The predicted octanol–water partition coefficient (Wildman–Crippen LogP) is 3.16. The number of primary amides is 1. The molecule has 0 bridgehead atoms. The summed E-state index contributed by atoms with van der Waals surface area (Å²) in [5, 5.41) is 4.10. The summed E-state index contributed by atoms with van der Waals surface area (Å²) < 4.78 is 16.3. The second-order valence-corrected chi connectivity index (χ2v) is 6.98. The first-order valence-electron chi connectivity index (χ1n) is 9.36.